The number of carbonyl (C=O) groups is 2. The largest absolute Gasteiger partial charge is 0.547 e. The summed E-state index contributed by atoms with van der Waals surface area (Å²) >= 11 is 0. The summed E-state index contributed by atoms with van der Waals surface area (Å²) in [7, 11) is 0. The molecule has 0 aliphatic rings. The number of carbonyl (C=O) groups excluding carboxylic acids is 2. The zero-order chi connectivity index (χ0) is 8.31. The molecule has 2 atom stereocenters. The molecule has 0 aromatic heterocycles. The van der Waals surface area contributed by atoms with Crippen LogP contribution in [0.5, 0.6) is 0 Å². The molecule has 0 saturated heterocycles. The van der Waals surface area contributed by atoms with Gasteiger partial charge in [0, 0.05) is 22.4 Å². The van der Waals surface area contributed by atoms with Crippen LogP contribution in [0.15, 0.2) is 0 Å². The zero-order valence-electron chi connectivity index (χ0n) is 4.98. The first-order valence-corrected chi connectivity index (χ1v) is 2.24. The van der Waals surface area contributed by atoms with Gasteiger partial charge in [-0.2, -0.15) is 0 Å². The third-order valence-corrected chi connectivity index (χ3v) is 0.782. The van der Waals surface area contributed by atoms with Crippen molar-refractivity contribution in [2.24, 2.45) is 0 Å². The van der Waals surface area contributed by atoms with Crippen molar-refractivity contribution in [1.82, 2.24) is 0 Å². The molecule has 0 aromatic rings. The Hall–Kier alpha value is -0.400. The SMILES string of the molecule is O=C([O-])C(O)C(O)C(=O)[O-].[Ag]. The molecule has 1 radical (unpaired) electrons. The maximum Gasteiger partial charge on any atom is 0.124 e. The van der Waals surface area contributed by atoms with Crippen LogP contribution in [0.2, 0.25) is 0 Å². The van der Waals surface area contributed by atoms with Gasteiger partial charge in [-0.3, -0.25) is 0 Å². The van der Waals surface area contributed by atoms with E-state index in [0.717, 1.165) is 0 Å². The quantitative estimate of drug-likeness (QED) is 0.489. The Morgan fingerprint density at radius 2 is 1.18 bits per heavy atom. The maximum absolute atomic E-state index is 9.63. The monoisotopic (exact) mass is 255 g/mol. The van der Waals surface area contributed by atoms with E-state index in [1.165, 1.54) is 0 Å². The minimum atomic E-state index is -2.44. The molecule has 11 heavy (non-hydrogen) atoms. The zero-order valence-corrected chi connectivity index (χ0v) is 6.47. The minimum Gasteiger partial charge on any atom is -0.547 e. The van der Waals surface area contributed by atoms with Crippen LogP contribution in [-0.2, 0) is 32.0 Å². The van der Waals surface area contributed by atoms with Crippen LogP contribution in [0.25, 0.3) is 0 Å². The summed E-state index contributed by atoms with van der Waals surface area (Å²) in [4.78, 5) is 19.3. The van der Waals surface area contributed by atoms with Gasteiger partial charge >= 0.3 is 0 Å². The van der Waals surface area contributed by atoms with Crippen molar-refractivity contribution in [3.63, 3.8) is 0 Å². The molecule has 2 N–H and O–H groups in total. The number of carboxylic acid groups (broad SMARTS) is 2. The molecule has 7 heteroatoms. The Bertz CT molecular complexity index is 139. The first-order valence-electron chi connectivity index (χ1n) is 2.24. The van der Waals surface area contributed by atoms with Gasteiger partial charge in [-0.1, -0.05) is 0 Å². The van der Waals surface area contributed by atoms with Crippen molar-refractivity contribution >= 4 is 11.9 Å². The second-order valence-electron chi connectivity index (χ2n) is 1.53. The van der Waals surface area contributed by atoms with Crippen LogP contribution in [0.4, 0.5) is 0 Å². The summed E-state index contributed by atoms with van der Waals surface area (Å²) in [6.07, 6.45) is -4.88. The number of aliphatic hydroxyl groups is 2. The second kappa shape index (κ2) is 5.28. The number of hydrogen-bond acceptors (Lipinski definition) is 6. The fourth-order valence-electron chi connectivity index (χ4n) is 0.258. The third-order valence-electron chi connectivity index (χ3n) is 0.782. The number of rotatable bonds is 3. The van der Waals surface area contributed by atoms with E-state index >= 15 is 0 Å². The number of hydrogen-bond donors (Lipinski definition) is 2. The van der Waals surface area contributed by atoms with Crippen molar-refractivity contribution in [3.05, 3.63) is 0 Å². The predicted octanol–water partition coefficient (Wildman–Crippen LogP) is -4.79. The first-order chi connectivity index (χ1) is 4.46. The van der Waals surface area contributed by atoms with Gasteiger partial charge in [-0.15, -0.1) is 0 Å². The molecular formula is C4H4AgO6-2. The van der Waals surface area contributed by atoms with Gasteiger partial charge in [0.1, 0.15) is 12.2 Å². The van der Waals surface area contributed by atoms with Gasteiger partial charge in [0.05, 0.1) is 11.9 Å². The van der Waals surface area contributed by atoms with E-state index in [0.29, 0.717) is 0 Å². The van der Waals surface area contributed by atoms with Crippen LogP contribution < -0.4 is 10.2 Å². The molecule has 0 bridgehead atoms. The van der Waals surface area contributed by atoms with Crippen molar-refractivity contribution < 1.29 is 52.4 Å². The minimum absolute atomic E-state index is 0. The molecular weight excluding hydrogens is 252 g/mol. The number of carboxylic acids is 2. The molecule has 0 amide bonds. The Balaban J connectivity index is 0. The number of aliphatic hydroxyl groups excluding tert-OH is 2. The van der Waals surface area contributed by atoms with E-state index in [1.54, 1.807) is 0 Å². The fourth-order valence-corrected chi connectivity index (χ4v) is 0.258. The first kappa shape index (κ1) is 13.2. The molecule has 0 aromatic carbocycles. The molecule has 0 rings (SSSR count). The average molecular weight is 256 g/mol. The van der Waals surface area contributed by atoms with Crippen LogP contribution in [0.3, 0.4) is 0 Å². The third kappa shape index (κ3) is 4.12. The topological polar surface area (TPSA) is 121 Å². The molecule has 0 saturated carbocycles. The molecule has 0 spiro atoms. The van der Waals surface area contributed by atoms with E-state index in [-0.39, 0.29) is 22.4 Å². The van der Waals surface area contributed by atoms with Crippen LogP contribution in [-0.4, -0.2) is 34.4 Å². The van der Waals surface area contributed by atoms with Gasteiger partial charge in [0.25, 0.3) is 0 Å². The molecule has 0 heterocycles. The Morgan fingerprint density at radius 1 is 1.00 bits per heavy atom. The van der Waals surface area contributed by atoms with Crippen LogP contribution >= 0.6 is 0 Å². The van der Waals surface area contributed by atoms with Crippen molar-refractivity contribution in [2.75, 3.05) is 0 Å². The van der Waals surface area contributed by atoms with Gasteiger partial charge < -0.3 is 30.0 Å². The van der Waals surface area contributed by atoms with E-state index in [1.807, 2.05) is 0 Å². The molecule has 0 aliphatic carbocycles. The Kier molecular flexibility index (Phi) is 6.34. The van der Waals surface area contributed by atoms with Gasteiger partial charge in [0.15, 0.2) is 0 Å². The summed E-state index contributed by atoms with van der Waals surface area (Å²) < 4.78 is 0. The fraction of sp³-hybridized carbons (Fsp3) is 0.500. The van der Waals surface area contributed by atoms with E-state index in [9.17, 15) is 19.8 Å². The summed E-state index contributed by atoms with van der Waals surface area (Å²) in [5.74, 6) is -4.12. The normalized spacial score (nSPS) is 14.4. The van der Waals surface area contributed by atoms with Gasteiger partial charge in [-0.25, -0.2) is 0 Å². The van der Waals surface area contributed by atoms with Crippen molar-refractivity contribution in [3.8, 4) is 0 Å². The van der Waals surface area contributed by atoms with Crippen LogP contribution in [0, 0.1) is 0 Å². The smallest absolute Gasteiger partial charge is 0.124 e. The second-order valence-corrected chi connectivity index (χ2v) is 1.53. The Morgan fingerprint density at radius 3 is 1.27 bits per heavy atom. The van der Waals surface area contributed by atoms with E-state index < -0.39 is 24.1 Å². The van der Waals surface area contributed by atoms with Gasteiger partial charge in [0.2, 0.25) is 0 Å². The summed E-state index contributed by atoms with van der Waals surface area (Å²) in [6, 6.07) is 0. The molecule has 0 fully saturated rings. The standard InChI is InChI=1S/C4H6O6.Ag/c5-1(3(7)8)2(6)4(9)10;/h1-2,5-6H,(H,7,8)(H,9,10);/p-2. The Labute approximate surface area is 77.0 Å². The average Bonchev–Trinajstić information content (AvgIpc) is 1.84. The predicted molar refractivity (Wildman–Crippen MR) is 22.0 cm³/mol. The molecule has 2 unspecified atom stereocenters. The van der Waals surface area contributed by atoms with E-state index in [2.05, 4.69) is 0 Å². The van der Waals surface area contributed by atoms with E-state index in [4.69, 9.17) is 10.2 Å². The molecule has 69 valence electrons. The summed E-state index contributed by atoms with van der Waals surface area (Å²) in [5.41, 5.74) is 0. The maximum atomic E-state index is 9.63. The molecule has 0 aliphatic heterocycles. The molecule has 6 nitrogen and oxygen atoms in total. The summed E-state index contributed by atoms with van der Waals surface area (Å²) in [5, 5.41) is 35.7. The van der Waals surface area contributed by atoms with Crippen molar-refractivity contribution in [1.29, 1.82) is 0 Å². The van der Waals surface area contributed by atoms with Gasteiger partial charge in [-0.05, 0) is 0 Å². The van der Waals surface area contributed by atoms with Crippen molar-refractivity contribution in [2.45, 2.75) is 12.2 Å². The summed E-state index contributed by atoms with van der Waals surface area (Å²) in [6.45, 7) is 0. The number of aliphatic carboxylic acids is 2. The van der Waals surface area contributed by atoms with Crippen LogP contribution in [0.1, 0.15) is 0 Å².